The molecule has 0 spiro atoms. The molecule has 0 N–H and O–H groups in total. The summed E-state index contributed by atoms with van der Waals surface area (Å²) in [6, 6.07) is 0.270. The predicted molar refractivity (Wildman–Crippen MR) is 94.8 cm³/mol. The highest BCUT2D eigenvalue weighted by molar-refractivity contribution is 5.81. The van der Waals surface area contributed by atoms with E-state index in [0.29, 0.717) is 12.5 Å². The van der Waals surface area contributed by atoms with Gasteiger partial charge in [-0.25, -0.2) is 9.59 Å². The molecule has 0 atom stereocenters. The molecule has 1 amide bonds. The molecule has 0 saturated heterocycles. The lowest BCUT2D eigenvalue weighted by Crippen LogP contribution is -2.42. The van der Waals surface area contributed by atoms with Crippen LogP contribution >= 0.6 is 0 Å². The number of rotatable bonds is 6. The summed E-state index contributed by atoms with van der Waals surface area (Å²) in [6.07, 6.45) is 9.43. The molecule has 5 nitrogen and oxygen atoms in total. The molecule has 5 heteroatoms. The van der Waals surface area contributed by atoms with Crippen LogP contribution in [0.15, 0.2) is 12.2 Å². The van der Waals surface area contributed by atoms with Gasteiger partial charge in [-0.05, 0) is 72.1 Å². The Morgan fingerprint density at radius 3 is 2.33 bits per heavy atom. The Balaban J connectivity index is 2.28. The Morgan fingerprint density at radius 1 is 1.17 bits per heavy atom. The SMILES string of the molecule is CCOC(=O)C=CCCC1CCC(N(C)C(=O)OC(C)(C)C)CC1. The first-order chi connectivity index (χ1) is 11.2. The zero-order chi connectivity index (χ0) is 18.2. The lowest BCUT2D eigenvalue weighted by atomic mass is 9.83. The van der Waals surface area contributed by atoms with Gasteiger partial charge in [0, 0.05) is 19.2 Å². The third-order valence-corrected chi connectivity index (χ3v) is 4.33. The Kier molecular flexibility index (Phi) is 8.29. The van der Waals surface area contributed by atoms with Crippen LogP contribution in [0, 0.1) is 5.92 Å². The van der Waals surface area contributed by atoms with Crippen LogP contribution in [0.25, 0.3) is 0 Å². The highest BCUT2D eigenvalue weighted by atomic mass is 16.6. The van der Waals surface area contributed by atoms with Crippen molar-refractivity contribution < 1.29 is 19.1 Å². The van der Waals surface area contributed by atoms with Gasteiger partial charge in [-0.15, -0.1) is 0 Å². The van der Waals surface area contributed by atoms with Crippen LogP contribution in [0.4, 0.5) is 4.79 Å². The Bertz CT molecular complexity index is 431. The highest BCUT2D eigenvalue weighted by Gasteiger charge is 2.28. The number of nitrogens with zero attached hydrogens (tertiary/aromatic N) is 1. The molecule has 0 unspecified atom stereocenters. The average Bonchev–Trinajstić information content (AvgIpc) is 2.50. The summed E-state index contributed by atoms with van der Waals surface area (Å²) >= 11 is 0. The number of allylic oxidation sites excluding steroid dienone is 1. The van der Waals surface area contributed by atoms with Crippen LogP contribution in [-0.4, -0.2) is 42.3 Å². The third-order valence-electron chi connectivity index (χ3n) is 4.33. The summed E-state index contributed by atoms with van der Waals surface area (Å²) < 4.78 is 10.3. The van der Waals surface area contributed by atoms with E-state index in [0.717, 1.165) is 38.5 Å². The molecule has 0 aromatic carbocycles. The molecule has 0 aliphatic heterocycles. The van der Waals surface area contributed by atoms with Crippen molar-refractivity contribution in [1.29, 1.82) is 0 Å². The van der Waals surface area contributed by atoms with Crippen molar-refractivity contribution in [1.82, 2.24) is 4.90 Å². The van der Waals surface area contributed by atoms with E-state index in [9.17, 15) is 9.59 Å². The van der Waals surface area contributed by atoms with Gasteiger partial charge in [0.05, 0.1) is 6.61 Å². The molecule has 24 heavy (non-hydrogen) atoms. The molecule has 0 aromatic rings. The minimum atomic E-state index is -0.451. The normalized spacial score (nSPS) is 21.5. The number of esters is 1. The van der Waals surface area contributed by atoms with Gasteiger partial charge < -0.3 is 14.4 Å². The molecule has 0 bridgehead atoms. The minimum Gasteiger partial charge on any atom is -0.463 e. The number of carbonyl (C=O) groups excluding carboxylic acids is 2. The number of ether oxygens (including phenoxy) is 2. The maximum absolute atomic E-state index is 12.1. The lowest BCUT2D eigenvalue weighted by molar-refractivity contribution is -0.137. The Hall–Kier alpha value is -1.52. The van der Waals surface area contributed by atoms with E-state index in [-0.39, 0.29) is 18.1 Å². The van der Waals surface area contributed by atoms with Crippen molar-refractivity contribution in [2.24, 2.45) is 5.92 Å². The van der Waals surface area contributed by atoms with E-state index in [2.05, 4.69) is 0 Å². The number of carbonyl (C=O) groups is 2. The predicted octanol–water partition coefficient (Wildman–Crippen LogP) is 4.31. The molecular formula is C19H33NO4. The molecule has 1 fully saturated rings. The van der Waals surface area contributed by atoms with Gasteiger partial charge in [-0.3, -0.25) is 0 Å². The highest BCUT2D eigenvalue weighted by Crippen LogP contribution is 2.30. The molecule has 1 aliphatic rings. The van der Waals surface area contributed by atoms with Crippen LogP contribution in [0.2, 0.25) is 0 Å². The fourth-order valence-corrected chi connectivity index (χ4v) is 3.01. The summed E-state index contributed by atoms with van der Waals surface area (Å²) in [5.74, 6) is 0.403. The first-order valence-corrected chi connectivity index (χ1v) is 9.02. The third kappa shape index (κ3) is 7.84. The standard InChI is InChI=1S/C19H33NO4/c1-6-23-17(21)10-8-7-9-15-11-13-16(14-12-15)20(5)18(22)24-19(2,3)4/h8,10,15-16H,6-7,9,11-14H2,1-5H3. The smallest absolute Gasteiger partial charge is 0.410 e. The Morgan fingerprint density at radius 2 is 1.79 bits per heavy atom. The van der Waals surface area contributed by atoms with Crippen LogP contribution in [-0.2, 0) is 14.3 Å². The molecule has 0 radical (unpaired) electrons. The zero-order valence-electron chi connectivity index (χ0n) is 15.8. The van der Waals surface area contributed by atoms with Crippen molar-refractivity contribution in [3.8, 4) is 0 Å². The molecule has 1 saturated carbocycles. The van der Waals surface area contributed by atoms with Crippen LogP contribution in [0.3, 0.4) is 0 Å². The second kappa shape index (κ2) is 9.70. The van der Waals surface area contributed by atoms with E-state index >= 15 is 0 Å². The quantitative estimate of drug-likeness (QED) is 0.534. The van der Waals surface area contributed by atoms with Gasteiger partial charge in [0.1, 0.15) is 5.60 Å². The molecule has 138 valence electrons. The van der Waals surface area contributed by atoms with Gasteiger partial charge in [-0.2, -0.15) is 0 Å². The lowest BCUT2D eigenvalue weighted by Gasteiger charge is -2.35. The second-order valence-corrected chi connectivity index (χ2v) is 7.50. The number of hydrogen-bond acceptors (Lipinski definition) is 4. The summed E-state index contributed by atoms with van der Waals surface area (Å²) in [5, 5.41) is 0. The monoisotopic (exact) mass is 339 g/mol. The van der Waals surface area contributed by atoms with Crippen molar-refractivity contribution in [3.05, 3.63) is 12.2 Å². The zero-order valence-corrected chi connectivity index (χ0v) is 15.8. The van der Waals surface area contributed by atoms with Crippen molar-refractivity contribution in [2.45, 2.75) is 77.9 Å². The van der Waals surface area contributed by atoms with Crippen LogP contribution < -0.4 is 0 Å². The molecular weight excluding hydrogens is 306 g/mol. The van der Waals surface area contributed by atoms with Gasteiger partial charge in [-0.1, -0.05) is 6.08 Å². The van der Waals surface area contributed by atoms with Crippen molar-refractivity contribution in [3.63, 3.8) is 0 Å². The van der Waals surface area contributed by atoms with Gasteiger partial charge in [0.25, 0.3) is 0 Å². The number of hydrogen-bond donors (Lipinski definition) is 0. The second-order valence-electron chi connectivity index (χ2n) is 7.50. The van der Waals surface area contributed by atoms with Crippen molar-refractivity contribution in [2.75, 3.05) is 13.7 Å². The van der Waals surface area contributed by atoms with Crippen LogP contribution in [0.5, 0.6) is 0 Å². The largest absolute Gasteiger partial charge is 0.463 e. The molecule has 0 heterocycles. The first kappa shape index (κ1) is 20.5. The summed E-state index contributed by atoms with van der Waals surface area (Å²) in [6.45, 7) is 7.88. The van der Waals surface area contributed by atoms with E-state index in [1.54, 1.807) is 11.8 Å². The maximum Gasteiger partial charge on any atom is 0.410 e. The van der Waals surface area contributed by atoms with Gasteiger partial charge in [0.15, 0.2) is 0 Å². The van der Waals surface area contributed by atoms with E-state index in [1.807, 2.05) is 33.9 Å². The summed E-state index contributed by atoms with van der Waals surface area (Å²) in [7, 11) is 1.83. The maximum atomic E-state index is 12.1. The topological polar surface area (TPSA) is 55.8 Å². The van der Waals surface area contributed by atoms with Gasteiger partial charge in [0.2, 0.25) is 0 Å². The van der Waals surface area contributed by atoms with E-state index in [1.165, 1.54) is 6.08 Å². The molecule has 1 aliphatic carbocycles. The van der Waals surface area contributed by atoms with Crippen molar-refractivity contribution >= 4 is 12.1 Å². The van der Waals surface area contributed by atoms with Crippen LogP contribution in [0.1, 0.15) is 66.2 Å². The summed E-state index contributed by atoms with van der Waals surface area (Å²) in [5.41, 5.74) is -0.451. The fraction of sp³-hybridized carbons (Fsp3) is 0.789. The number of amides is 1. The Labute approximate surface area is 146 Å². The minimum absolute atomic E-state index is 0.233. The average molecular weight is 339 g/mol. The molecule has 0 aromatic heterocycles. The molecule has 1 rings (SSSR count). The van der Waals surface area contributed by atoms with Gasteiger partial charge >= 0.3 is 12.1 Å². The fourth-order valence-electron chi connectivity index (χ4n) is 3.01. The van der Waals surface area contributed by atoms with E-state index in [4.69, 9.17) is 9.47 Å². The first-order valence-electron chi connectivity index (χ1n) is 9.02. The van der Waals surface area contributed by atoms with E-state index < -0.39 is 5.60 Å². The summed E-state index contributed by atoms with van der Waals surface area (Å²) in [4.78, 5) is 25.1.